The summed E-state index contributed by atoms with van der Waals surface area (Å²) in [5.74, 6) is 0.102. The summed E-state index contributed by atoms with van der Waals surface area (Å²) in [5, 5.41) is 0. The van der Waals surface area contributed by atoms with Crippen molar-refractivity contribution >= 4 is 21.6 Å². The van der Waals surface area contributed by atoms with Crippen molar-refractivity contribution in [2.75, 3.05) is 18.0 Å². The van der Waals surface area contributed by atoms with Gasteiger partial charge in [-0.15, -0.1) is 0 Å². The zero-order valence-electron chi connectivity index (χ0n) is 11.1. The van der Waals surface area contributed by atoms with Crippen LogP contribution in [0.25, 0.3) is 0 Å². The van der Waals surface area contributed by atoms with Crippen LogP contribution in [0.1, 0.15) is 25.3 Å². The maximum Gasteiger partial charge on any atom is 0.240 e. The highest BCUT2D eigenvalue weighted by Crippen LogP contribution is 2.27. The molecule has 1 amide bonds. The van der Waals surface area contributed by atoms with Gasteiger partial charge in [0.2, 0.25) is 15.9 Å². The number of anilines is 1. The van der Waals surface area contributed by atoms with Crippen molar-refractivity contribution in [3.63, 3.8) is 0 Å². The Kier molecular flexibility index (Phi) is 3.91. The average Bonchev–Trinajstić information content (AvgIpc) is 2.75. The van der Waals surface area contributed by atoms with Gasteiger partial charge in [0.05, 0.1) is 4.90 Å². The van der Waals surface area contributed by atoms with Crippen molar-refractivity contribution in [3.05, 3.63) is 23.8 Å². The van der Waals surface area contributed by atoms with E-state index in [4.69, 9.17) is 0 Å². The van der Waals surface area contributed by atoms with Crippen LogP contribution in [0.4, 0.5) is 5.69 Å². The van der Waals surface area contributed by atoms with Gasteiger partial charge in [-0.25, -0.2) is 13.1 Å². The van der Waals surface area contributed by atoms with Crippen LogP contribution >= 0.6 is 0 Å². The largest absolute Gasteiger partial charge is 0.312 e. The van der Waals surface area contributed by atoms with Gasteiger partial charge in [-0.05, 0) is 37.1 Å². The molecule has 0 saturated carbocycles. The standard InChI is InChI=1S/C13H18N2O3S/c1-3-14-19(17,18)11-6-7-12(10(2)9-11)15-8-4-5-13(15)16/h6-7,9,14H,3-5,8H2,1-2H3. The van der Waals surface area contributed by atoms with Crippen LogP contribution in [0.2, 0.25) is 0 Å². The number of nitrogens with zero attached hydrogens (tertiary/aromatic N) is 1. The summed E-state index contributed by atoms with van der Waals surface area (Å²) in [7, 11) is -3.44. The zero-order chi connectivity index (χ0) is 14.0. The van der Waals surface area contributed by atoms with Crippen molar-refractivity contribution < 1.29 is 13.2 Å². The SMILES string of the molecule is CCNS(=O)(=O)c1ccc(N2CCCC2=O)c(C)c1. The quantitative estimate of drug-likeness (QED) is 0.908. The van der Waals surface area contributed by atoms with Crippen molar-refractivity contribution in [2.24, 2.45) is 0 Å². The highest BCUT2D eigenvalue weighted by molar-refractivity contribution is 7.89. The lowest BCUT2D eigenvalue weighted by atomic mass is 10.2. The molecule has 1 aliphatic rings. The monoisotopic (exact) mass is 282 g/mol. The third kappa shape index (κ3) is 2.79. The first kappa shape index (κ1) is 14.0. The maximum absolute atomic E-state index is 11.9. The van der Waals surface area contributed by atoms with E-state index in [0.717, 1.165) is 17.7 Å². The van der Waals surface area contributed by atoms with Gasteiger partial charge in [-0.1, -0.05) is 6.92 Å². The zero-order valence-corrected chi connectivity index (χ0v) is 12.0. The Morgan fingerprint density at radius 3 is 2.63 bits per heavy atom. The molecule has 1 fully saturated rings. The molecule has 1 aromatic rings. The second-order valence-corrected chi connectivity index (χ2v) is 6.37. The second kappa shape index (κ2) is 5.30. The number of carbonyl (C=O) groups is 1. The molecule has 1 aliphatic heterocycles. The van der Waals surface area contributed by atoms with Gasteiger partial charge in [0.1, 0.15) is 0 Å². The summed E-state index contributed by atoms with van der Waals surface area (Å²) in [6.07, 6.45) is 1.42. The Balaban J connectivity index is 2.35. The molecule has 1 aromatic carbocycles. The summed E-state index contributed by atoms with van der Waals surface area (Å²) < 4.78 is 26.2. The minimum absolute atomic E-state index is 0.102. The summed E-state index contributed by atoms with van der Waals surface area (Å²) in [6, 6.07) is 4.87. The Morgan fingerprint density at radius 1 is 1.37 bits per heavy atom. The van der Waals surface area contributed by atoms with Crippen LogP contribution in [0, 0.1) is 6.92 Å². The van der Waals surface area contributed by atoms with Crippen LogP contribution in [0.15, 0.2) is 23.1 Å². The Hall–Kier alpha value is -1.40. The van der Waals surface area contributed by atoms with E-state index in [0.29, 0.717) is 19.5 Å². The van der Waals surface area contributed by atoms with E-state index in [-0.39, 0.29) is 10.8 Å². The van der Waals surface area contributed by atoms with Gasteiger partial charge in [0.25, 0.3) is 0 Å². The molecule has 1 N–H and O–H groups in total. The number of sulfonamides is 1. The Bertz CT molecular complexity index is 596. The van der Waals surface area contributed by atoms with Crippen LogP contribution in [0.3, 0.4) is 0 Å². The molecule has 1 saturated heterocycles. The molecule has 0 spiro atoms. The van der Waals surface area contributed by atoms with Crippen molar-refractivity contribution in [3.8, 4) is 0 Å². The highest BCUT2D eigenvalue weighted by atomic mass is 32.2. The maximum atomic E-state index is 11.9. The average molecular weight is 282 g/mol. The molecule has 0 radical (unpaired) electrons. The van der Waals surface area contributed by atoms with E-state index < -0.39 is 10.0 Å². The highest BCUT2D eigenvalue weighted by Gasteiger charge is 2.24. The third-order valence-corrected chi connectivity index (χ3v) is 4.72. The number of nitrogens with one attached hydrogen (secondary N) is 1. The van der Waals surface area contributed by atoms with Gasteiger partial charge in [-0.2, -0.15) is 0 Å². The minimum atomic E-state index is -3.44. The van der Waals surface area contributed by atoms with E-state index in [2.05, 4.69) is 4.72 Å². The number of benzene rings is 1. The molecule has 19 heavy (non-hydrogen) atoms. The van der Waals surface area contributed by atoms with Crippen molar-refractivity contribution in [1.82, 2.24) is 4.72 Å². The van der Waals surface area contributed by atoms with Gasteiger partial charge in [0.15, 0.2) is 0 Å². The molecule has 0 aliphatic carbocycles. The topological polar surface area (TPSA) is 66.5 Å². The van der Waals surface area contributed by atoms with Crippen molar-refractivity contribution in [2.45, 2.75) is 31.6 Å². The number of carbonyl (C=O) groups excluding carboxylic acids is 1. The molecule has 2 rings (SSSR count). The second-order valence-electron chi connectivity index (χ2n) is 4.60. The lowest BCUT2D eigenvalue weighted by molar-refractivity contribution is -0.117. The van der Waals surface area contributed by atoms with Crippen LogP contribution in [-0.2, 0) is 14.8 Å². The first-order valence-corrected chi connectivity index (χ1v) is 7.84. The summed E-state index contributed by atoms with van der Waals surface area (Å²) in [6.45, 7) is 4.63. The number of hydrogen-bond donors (Lipinski definition) is 1. The third-order valence-electron chi connectivity index (χ3n) is 3.18. The van der Waals surface area contributed by atoms with E-state index in [9.17, 15) is 13.2 Å². The molecule has 5 nitrogen and oxygen atoms in total. The first-order valence-electron chi connectivity index (χ1n) is 6.36. The number of rotatable bonds is 4. The van der Waals surface area contributed by atoms with Crippen LogP contribution < -0.4 is 9.62 Å². The first-order chi connectivity index (χ1) is 8.95. The molecule has 104 valence electrons. The Morgan fingerprint density at radius 2 is 2.11 bits per heavy atom. The molecular formula is C13H18N2O3S. The van der Waals surface area contributed by atoms with E-state index >= 15 is 0 Å². The number of amides is 1. The lowest BCUT2D eigenvalue weighted by Crippen LogP contribution is -2.26. The van der Waals surface area contributed by atoms with Crippen LogP contribution in [0.5, 0.6) is 0 Å². The van der Waals surface area contributed by atoms with Gasteiger partial charge >= 0.3 is 0 Å². The van der Waals surface area contributed by atoms with E-state index in [1.807, 2.05) is 6.92 Å². The lowest BCUT2D eigenvalue weighted by Gasteiger charge is -2.19. The van der Waals surface area contributed by atoms with E-state index in [1.54, 1.807) is 30.0 Å². The smallest absolute Gasteiger partial charge is 0.240 e. The van der Waals surface area contributed by atoms with Gasteiger partial charge in [0, 0.05) is 25.2 Å². The molecule has 0 atom stereocenters. The Labute approximate surface area is 113 Å². The normalized spacial score (nSPS) is 16.1. The predicted octanol–water partition coefficient (Wildman–Crippen LogP) is 1.42. The molecule has 6 heteroatoms. The number of aryl methyl sites for hydroxylation is 1. The summed E-state index contributed by atoms with van der Waals surface area (Å²) >= 11 is 0. The van der Waals surface area contributed by atoms with E-state index in [1.165, 1.54) is 0 Å². The minimum Gasteiger partial charge on any atom is -0.312 e. The van der Waals surface area contributed by atoms with Crippen molar-refractivity contribution in [1.29, 1.82) is 0 Å². The van der Waals surface area contributed by atoms with Crippen LogP contribution in [-0.4, -0.2) is 27.4 Å². The molecular weight excluding hydrogens is 264 g/mol. The predicted molar refractivity (Wildman–Crippen MR) is 73.6 cm³/mol. The van der Waals surface area contributed by atoms with Gasteiger partial charge < -0.3 is 4.90 Å². The fourth-order valence-electron chi connectivity index (χ4n) is 2.27. The number of hydrogen-bond acceptors (Lipinski definition) is 3. The fraction of sp³-hybridized carbons (Fsp3) is 0.462. The molecule has 0 bridgehead atoms. The molecule has 0 aromatic heterocycles. The summed E-state index contributed by atoms with van der Waals surface area (Å²) in [5.41, 5.74) is 1.60. The van der Waals surface area contributed by atoms with Gasteiger partial charge in [-0.3, -0.25) is 4.79 Å². The fourth-order valence-corrected chi connectivity index (χ4v) is 3.40. The summed E-state index contributed by atoms with van der Waals surface area (Å²) in [4.78, 5) is 13.7. The molecule has 0 unspecified atom stereocenters. The molecule has 1 heterocycles.